The first-order valence-electron chi connectivity index (χ1n) is 16.7. The minimum atomic E-state index is -0.498. The summed E-state index contributed by atoms with van der Waals surface area (Å²) >= 11 is 7.27. The third-order valence-electron chi connectivity index (χ3n) is 10.3. The Balaban J connectivity index is 1.20. The van der Waals surface area contributed by atoms with Gasteiger partial charge in [0.1, 0.15) is 11.3 Å². The van der Waals surface area contributed by atoms with E-state index in [0.29, 0.717) is 5.02 Å². The number of benzene rings is 2. The van der Waals surface area contributed by atoms with Crippen molar-refractivity contribution < 1.29 is 14.3 Å². The molecule has 1 aliphatic carbocycles. The second kappa shape index (κ2) is 10.8. The number of hydrogen-bond donors (Lipinski definition) is 0. The summed E-state index contributed by atoms with van der Waals surface area (Å²) in [5.74, 6) is 0. The Morgan fingerprint density at radius 2 is 1.81 bits per heavy atom. The van der Waals surface area contributed by atoms with Crippen molar-refractivity contribution in [2.45, 2.75) is 84.6 Å². The summed E-state index contributed by atoms with van der Waals surface area (Å²) in [5, 5.41) is 17.5. The third-order valence-corrected chi connectivity index (χ3v) is 10.7. The summed E-state index contributed by atoms with van der Waals surface area (Å²) in [7, 11) is 1.96. The molecule has 2 aliphatic heterocycles. The Morgan fingerprint density at radius 1 is 1.02 bits per heavy atom. The van der Waals surface area contributed by atoms with Crippen molar-refractivity contribution in [1.29, 1.82) is 0 Å². The molecular weight excluding hydrogens is 614 g/mol. The van der Waals surface area contributed by atoms with E-state index in [9.17, 15) is 4.79 Å². The molecule has 47 heavy (non-hydrogen) atoms. The molecule has 0 radical (unpaired) electrons. The van der Waals surface area contributed by atoms with Crippen molar-refractivity contribution in [2.75, 3.05) is 19.7 Å². The second-order valence-electron chi connectivity index (χ2n) is 14.9. The molecule has 3 fully saturated rings. The van der Waals surface area contributed by atoms with Crippen LogP contribution >= 0.6 is 11.6 Å². The van der Waals surface area contributed by atoms with Crippen LogP contribution in [-0.4, -0.2) is 65.6 Å². The van der Waals surface area contributed by atoms with Crippen molar-refractivity contribution in [2.24, 2.45) is 12.5 Å². The van der Waals surface area contributed by atoms with E-state index in [1.165, 1.54) is 0 Å². The van der Waals surface area contributed by atoms with E-state index in [1.54, 1.807) is 0 Å². The SMILES string of the molecule is Cc1cc2c(cnn2C2CCCCO2)c(-c2c(-c3ccc4c(cnn4C)c3)nn(C3CC4(C3)CN(C(=O)OC(C)(C)C)C4)c2C)c1Cl. The molecule has 8 rings (SSSR count). The van der Waals surface area contributed by atoms with Gasteiger partial charge in [0.15, 0.2) is 6.23 Å². The van der Waals surface area contributed by atoms with Gasteiger partial charge in [0, 0.05) is 65.3 Å². The lowest BCUT2D eigenvalue weighted by Crippen LogP contribution is -2.64. The van der Waals surface area contributed by atoms with Gasteiger partial charge in [-0.25, -0.2) is 9.48 Å². The number of rotatable bonds is 4. The number of aromatic nitrogens is 6. The van der Waals surface area contributed by atoms with Crippen molar-refractivity contribution in [3.8, 4) is 22.4 Å². The highest BCUT2D eigenvalue weighted by Gasteiger charge is 2.55. The normalized spacial score (nSPS) is 19.8. The van der Waals surface area contributed by atoms with Crippen LogP contribution in [0.25, 0.3) is 44.2 Å². The van der Waals surface area contributed by atoms with Crippen molar-refractivity contribution in [3.05, 3.63) is 52.9 Å². The number of carbonyl (C=O) groups is 1. The fraction of sp³-hybridized carbons (Fsp3) is 0.500. The molecule has 2 aromatic carbocycles. The number of aryl methyl sites for hydroxylation is 2. The van der Waals surface area contributed by atoms with Gasteiger partial charge in [0.25, 0.3) is 0 Å². The minimum absolute atomic E-state index is 0.0835. The van der Waals surface area contributed by atoms with Crippen LogP contribution in [0.2, 0.25) is 5.02 Å². The predicted molar refractivity (Wildman–Crippen MR) is 182 cm³/mol. The lowest BCUT2D eigenvalue weighted by Gasteiger charge is -2.58. The molecule has 11 heteroatoms. The number of likely N-dealkylation sites (tertiary alicyclic amines) is 1. The van der Waals surface area contributed by atoms with Crippen LogP contribution in [0.3, 0.4) is 0 Å². The number of carbonyl (C=O) groups excluding carboxylic acids is 1. The van der Waals surface area contributed by atoms with Crippen LogP contribution in [0.4, 0.5) is 4.79 Å². The highest BCUT2D eigenvalue weighted by molar-refractivity contribution is 6.36. The Hall–Kier alpha value is -3.89. The lowest BCUT2D eigenvalue weighted by atomic mass is 9.61. The Morgan fingerprint density at radius 3 is 2.53 bits per heavy atom. The third kappa shape index (κ3) is 5.03. The first-order valence-corrected chi connectivity index (χ1v) is 17.1. The van der Waals surface area contributed by atoms with Crippen LogP contribution in [0.5, 0.6) is 0 Å². The molecular formula is C36H42ClN7O3. The highest BCUT2D eigenvalue weighted by atomic mass is 35.5. The summed E-state index contributed by atoms with van der Waals surface area (Å²) in [5.41, 5.74) is 7.68. The monoisotopic (exact) mass is 655 g/mol. The van der Waals surface area contributed by atoms with Gasteiger partial charge in [-0.05, 0) is 90.5 Å². The molecule has 1 spiro atoms. The molecule has 10 nitrogen and oxygen atoms in total. The standard InChI is InChI=1S/C36H42ClN7O3/c1-21-13-28-26(18-39-44(28)29-9-7-8-12-46-29)31(32(21)37)30-22(2)43(40-33(30)23-10-11-27-24(14-23)17-38-41(27)6)25-15-36(16-25)19-42(20-36)34(45)47-35(3,4)5/h10-11,13-14,17-18,25,29H,7-9,12,15-16,19-20H2,1-6H3. The fourth-order valence-corrected chi connectivity index (χ4v) is 8.21. The first-order chi connectivity index (χ1) is 22.4. The molecule has 5 heterocycles. The number of hydrogen-bond acceptors (Lipinski definition) is 6. The van der Waals surface area contributed by atoms with Crippen molar-refractivity contribution in [1.82, 2.24) is 34.2 Å². The molecule has 5 aromatic rings. The Kier molecular flexibility index (Phi) is 7.01. The summed E-state index contributed by atoms with van der Waals surface area (Å²) in [4.78, 5) is 14.5. The zero-order valence-corrected chi connectivity index (χ0v) is 28.8. The zero-order chi connectivity index (χ0) is 32.8. The van der Waals surface area contributed by atoms with E-state index in [4.69, 9.17) is 31.3 Å². The molecule has 246 valence electrons. The maximum absolute atomic E-state index is 12.7. The van der Waals surface area contributed by atoms with E-state index < -0.39 is 5.60 Å². The van der Waals surface area contributed by atoms with Gasteiger partial charge in [0.05, 0.1) is 34.5 Å². The van der Waals surface area contributed by atoms with E-state index in [2.05, 4.69) is 47.9 Å². The largest absolute Gasteiger partial charge is 0.444 e. The molecule has 0 bridgehead atoms. The van der Waals surface area contributed by atoms with E-state index in [1.807, 2.05) is 54.5 Å². The molecule has 1 unspecified atom stereocenters. The first kappa shape index (κ1) is 30.4. The summed E-state index contributed by atoms with van der Waals surface area (Å²) < 4.78 is 17.9. The maximum atomic E-state index is 12.7. The average Bonchev–Trinajstić information content (AvgIpc) is 3.67. The van der Waals surface area contributed by atoms with Crippen LogP contribution in [0.15, 0.2) is 36.7 Å². The Labute approximate surface area is 279 Å². The minimum Gasteiger partial charge on any atom is -0.444 e. The van der Waals surface area contributed by atoms with Gasteiger partial charge in [-0.15, -0.1) is 0 Å². The van der Waals surface area contributed by atoms with Crippen molar-refractivity contribution >= 4 is 39.5 Å². The van der Waals surface area contributed by atoms with Gasteiger partial charge in [0.2, 0.25) is 0 Å². The topological polar surface area (TPSA) is 92.2 Å². The predicted octanol–water partition coefficient (Wildman–Crippen LogP) is 7.99. The fourth-order valence-electron chi connectivity index (χ4n) is 7.96. The van der Waals surface area contributed by atoms with Gasteiger partial charge >= 0.3 is 6.09 Å². The van der Waals surface area contributed by atoms with E-state index >= 15 is 0 Å². The summed E-state index contributed by atoms with van der Waals surface area (Å²) in [6, 6.07) is 8.77. The van der Waals surface area contributed by atoms with Gasteiger partial charge in [-0.2, -0.15) is 15.3 Å². The number of amides is 1. The molecule has 3 aliphatic rings. The number of nitrogens with zero attached hydrogens (tertiary/aromatic N) is 7. The number of fused-ring (bicyclic) bond motifs is 2. The summed E-state index contributed by atoms with van der Waals surface area (Å²) in [6.07, 6.45) is 8.60. The van der Waals surface area contributed by atoms with Gasteiger partial charge < -0.3 is 14.4 Å². The molecule has 1 atom stereocenters. The second-order valence-corrected chi connectivity index (χ2v) is 15.3. The smallest absolute Gasteiger partial charge is 0.410 e. The summed E-state index contributed by atoms with van der Waals surface area (Å²) in [6.45, 7) is 12.1. The molecule has 0 N–H and O–H groups in total. The quantitative estimate of drug-likeness (QED) is 0.195. The van der Waals surface area contributed by atoms with Crippen LogP contribution in [0, 0.1) is 19.3 Å². The number of ether oxygens (including phenoxy) is 2. The molecule has 1 saturated carbocycles. The maximum Gasteiger partial charge on any atom is 0.410 e. The molecule has 3 aromatic heterocycles. The van der Waals surface area contributed by atoms with E-state index in [-0.39, 0.29) is 23.8 Å². The highest BCUT2D eigenvalue weighted by Crippen LogP contribution is 2.56. The van der Waals surface area contributed by atoms with Gasteiger partial charge in [-0.1, -0.05) is 17.7 Å². The van der Waals surface area contributed by atoms with Crippen LogP contribution in [0.1, 0.15) is 76.4 Å². The van der Waals surface area contributed by atoms with Gasteiger partial charge in [-0.3, -0.25) is 9.36 Å². The molecule has 1 amide bonds. The zero-order valence-electron chi connectivity index (χ0n) is 28.0. The van der Waals surface area contributed by atoms with E-state index in [0.717, 1.165) is 107 Å². The molecule has 2 saturated heterocycles. The van der Waals surface area contributed by atoms with Crippen LogP contribution < -0.4 is 0 Å². The van der Waals surface area contributed by atoms with Crippen LogP contribution in [-0.2, 0) is 16.5 Å². The lowest BCUT2D eigenvalue weighted by molar-refractivity contribution is -0.0930. The van der Waals surface area contributed by atoms with Crippen molar-refractivity contribution in [3.63, 3.8) is 0 Å². The Bertz CT molecular complexity index is 2030. The number of halogens is 1. The average molecular weight is 656 g/mol.